The third-order valence-electron chi connectivity index (χ3n) is 6.77. The first kappa shape index (κ1) is 30.1. The average molecular weight is 621 g/mol. The fourth-order valence-electron chi connectivity index (χ4n) is 4.68. The molecule has 4 rings (SSSR count). The predicted octanol–water partition coefficient (Wildman–Crippen LogP) is 6.29. The van der Waals surface area contributed by atoms with Gasteiger partial charge in [0.2, 0.25) is 5.90 Å². The van der Waals surface area contributed by atoms with E-state index in [9.17, 15) is 4.79 Å². The second-order valence-electron chi connectivity index (χ2n) is 10.2. The summed E-state index contributed by atoms with van der Waals surface area (Å²) in [5.74, 6) is 1.000. The molecular formula is C31H34BrN5O4. The maximum absolute atomic E-state index is 14.2. The van der Waals surface area contributed by atoms with Crippen molar-refractivity contribution in [3.05, 3.63) is 110 Å². The number of aliphatic hydroxyl groups is 1. The minimum Gasteiger partial charge on any atom is -0.494 e. The second kappa shape index (κ2) is 14.2. The van der Waals surface area contributed by atoms with E-state index in [4.69, 9.17) is 25.1 Å². The van der Waals surface area contributed by atoms with E-state index in [1.54, 1.807) is 0 Å². The highest BCUT2D eigenvalue weighted by molar-refractivity contribution is 9.10. The molecule has 3 aromatic carbocycles. The van der Waals surface area contributed by atoms with E-state index in [1.165, 1.54) is 0 Å². The molecule has 0 saturated carbocycles. The lowest BCUT2D eigenvalue weighted by atomic mass is 9.80. The van der Waals surface area contributed by atoms with Crippen LogP contribution in [0.1, 0.15) is 48.6 Å². The van der Waals surface area contributed by atoms with E-state index in [0.717, 1.165) is 21.2 Å². The summed E-state index contributed by atoms with van der Waals surface area (Å²) in [5.41, 5.74) is 10.8. The van der Waals surface area contributed by atoms with E-state index < -0.39 is 11.6 Å². The molecule has 10 heteroatoms. The zero-order chi connectivity index (χ0) is 29.2. The van der Waals surface area contributed by atoms with Gasteiger partial charge in [-0.2, -0.15) is 0 Å². The highest BCUT2D eigenvalue weighted by atomic mass is 79.9. The standard InChI is InChI=1S/C31H34BrN5O4/c1-21(2)19-34-30(39)31(18-23-8-3-4-9-24(23)20-35-37-33)28(26-10-5-6-11-27(26)32)41-29(36-31)22-12-14-25(15-13-22)40-17-7-16-38/h3-6,8-15,21,28,38H,7,16-20H2,1-2H3,(H,34,39)/t28-,31-/m1/s1. The van der Waals surface area contributed by atoms with Gasteiger partial charge in [0, 0.05) is 46.5 Å². The van der Waals surface area contributed by atoms with Gasteiger partial charge in [-0.1, -0.05) is 77.4 Å². The number of nitrogens with zero attached hydrogens (tertiary/aromatic N) is 4. The SMILES string of the molecule is CC(C)CNC(=O)[C@]1(Cc2ccccc2CN=[N+]=[N-])N=C(c2ccc(OCCCO)cc2)O[C@@H]1c1ccccc1Br. The van der Waals surface area contributed by atoms with E-state index in [-0.39, 0.29) is 31.4 Å². The number of carbonyl (C=O) groups is 1. The van der Waals surface area contributed by atoms with Crippen LogP contribution in [0.4, 0.5) is 0 Å². The first-order chi connectivity index (χ1) is 19.9. The number of halogens is 1. The van der Waals surface area contributed by atoms with Gasteiger partial charge in [0.1, 0.15) is 5.75 Å². The zero-order valence-electron chi connectivity index (χ0n) is 23.2. The van der Waals surface area contributed by atoms with Crippen LogP contribution in [0.2, 0.25) is 0 Å². The molecule has 1 aliphatic rings. The number of amides is 1. The number of hydrogen-bond donors (Lipinski definition) is 2. The first-order valence-corrected chi connectivity index (χ1v) is 14.4. The topological polar surface area (TPSA) is 129 Å². The van der Waals surface area contributed by atoms with Crippen molar-refractivity contribution in [1.82, 2.24) is 5.32 Å². The van der Waals surface area contributed by atoms with Gasteiger partial charge in [0.05, 0.1) is 13.2 Å². The number of aliphatic hydroxyl groups excluding tert-OH is 1. The second-order valence-corrected chi connectivity index (χ2v) is 11.1. The van der Waals surface area contributed by atoms with Crippen LogP contribution < -0.4 is 10.1 Å². The lowest BCUT2D eigenvalue weighted by Crippen LogP contribution is -2.50. The maximum Gasteiger partial charge on any atom is 0.252 e. The fourth-order valence-corrected chi connectivity index (χ4v) is 5.17. The lowest BCUT2D eigenvalue weighted by Gasteiger charge is -2.32. The Hall–Kier alpha value is -3.85. The van der Waals surface area contributed by atoms with Crippen molar-refractivity contribution in [2.45, 2.75) is 44.9 Å². The van der Waals surface area contributed by atoms with Crippen LogP contribution in [-0.4, -0.2) is 42.2 Å². The van der Waals surface area contributed by atoms with Crippen molar-refractivity contribution < 1.29 is 19.4 Å². The molecule has 0 radical (unpaired) electrons. The molecule has 9 nitrogen and oxygen atoms in total. The van der Waals surface area contributed by atoms with Gasteiger partial charge in [0.25, 0.3) is 5.91 Å². The molecule has 0 bridgehead atoms. The number of rotatable bonds is 13. The van der Waals surface area contributed by atoms with Gasteiger partial charge in [-0.15, -0.1) is 0 Å². The van der Waals surface area contributed by atoms with Crippen LogP contribution >= 0.6 is 15.9 Å². The van der Waals surface area contributed by atoms with Gasteiger partial charge < -0.3 is 19.9 Å². The molecule has 41 heavy (non-hydrogen) atoms. The Bertz CT molecular complexity index is 1420. The number of aliphatic imine (C=N–C) groups is 1. The largest absolute Gasteiger partial charge is 0.494 e. The lowest BCUT2D eigenvalue weighted by molar-refractivity contribution is -0.129. The summed E-state index contributed by atoms with van der Waals surface area (Å²) in [6, 6.07) is 22.6. The molecule has 0 aromatic heterocycles. The summed E-state index contributed by atoms with van der Waals surface area (Å²) in [6.45, 7) is 5.19. The minimum absolute atomic E-state index is 0.0616. The minimum atomic E-state index is -1.35. The molecule has 0 saturated heterocycles. The molecule has 2 atom stereocenters. The predicted molar refractivity (Wildman–Crippen MR) is 162 cm³/mol. The molecule has 1 amide bonds. The Morgan fingerprint density at radius 2 is 1.85 bits per heavy atom. The Kier molecular flexibility index (Phi) is 10.4. The summed E-state index contributed by atoms with van der Waals surface area (Å²) in [5, 5.41) is 15.9. The van der Waals surface area contributed by atoms with Crippen molar-refractivity contribution in [2.24, 2.45) is 16.0 Å². The quantitative estimate of drug-likeness (QED) is 0.101. The highest BCUT2D eigenvalue weighted by Gasteiger charge is 2.54. The molecule has 1 heterocycles. The van der Waals surface area contributed by atoms with Crippen LogP contribution in [0, 0.1) is 5.92 Å². The van der Waals surface area contributed by atoms with Crippen molar-refractivity contribution in [1.29, 1.82) is 0 Å². The molecule has 214 valence electrons. The summed E-state index contributed by atoms with van der Waals surface area (Å²) in [4.78, 5) is 22.2. The van der Waals surface area contributed by atoms with Crippen LogP contribution in [0.5, 0.6) is 5.75 Å². The van der Waals surface area contributed by atoms with Crippen LogP contribution in [0.25, 0.3) is 10.4 Å². The normalized spacial score (nSPS) is 17.9. The van der Waals surface area contributed by atoms with Crippen molar-refractivity contribution in [3.63, 3.8) is 0 Å². The molecule has 1 aliphatic heterocycles. The number of ether oxygens (including phenoxy) is 2. The average Bonchev–Trinajstić information content (AvgIpc) is 3.36. The molecule has 3 aromatic rings. The number of hydrogen-bond acceptors (Lipinski definition) is 6. The van der Waals surface area contributed by atoms with Gasteiger partial charge >= 0.3 is 0 Å². The third-order valence-corrected chi connectivity index (χ3v) is 7.49. The summed E-state index contributed by atoms with van der Waals surface area (Å²) >= 11 is 3.67. The van der Waals surface area contributed by atoms with E-state index >= 15 is 0 Å². The monoisotopic (exact) mass is 619 g/mol. The third kappa shape index (κ3) is 7.27. The van der Waals surface area contributed by atoms with Crippen molar-refractivity contribution in [3.8, 4) is 5.75 Å². The van der Waals surface area contributed by atoms with Gasteiger partial charge in [-0.25, -0.2) is 4.99 Å². The first-order valence-electron chi connectivity index (χ1n) is 13.6. The smallest absolute Gasteiger partial charge is 0.252 e. The summed E-state index contributed by atoms with van der Waals surface area (Å²) in [7, 11) is 0. The van der Waals surface area contributed by atoms with Crippen molar-refractivity contribution >= 4 is 27.7 Å². The summed E-state index contributed by atoms with van der Waals surface area (Å²) in [6.07, 6.45) is 0.0277. The van der Waals surface area contributed by atoms with Gasteiger partial charge in [-0.05, 0) is 52.9 Å². The van der Waals surface area contributed by atoms with E-state index in [1.807, 2.05) is 86.6 Å². The fraction of sp³-hybridized carbons (Fsp3) is 0.355. The van der Waals surface area contributed by atoms with E-state index in [0.29, 0.717) is 36.8 Å². The number of azide groups is 1. The van der Waals surface area contributed by atoms with Crippen LogP contribution in [-0.2, 0) is 22.5 Å². The zero-order valence-corrected chi connectivity index (χ0v) is 24.8. The van der Waals surface area contributed by atoms with E-state index in [2.05, 4.69) is 31.3 Å². The molecular weight excluding hydrogens is 586 g/mol. The number of nitrogens with one attached hydrogen (secondary N) is 1. The van der Waals surface area contributed by atoms with Crippen LogP contribution in [0.3, 0.4) is 0 Å². The maximum atomic E-state index is 14.2. The van der Waals surface area contributed by atoms with Gasteiger partial charge in [-0.3, -0.25) is 4.79 Å². The van der Waals surface area contributed by atoms with Crippen molar-refractivity contribution in [2.75, 3.05) is 19.8 Å². The molecule has 0 aliphatic carbocycles. The Morgan fingerprint density at radius 3 is 2.54 bits per heavy atom. The Labute approximate surface area is 248 Å². The van der Waals surface area contributed by atoms with Crippen LogP contribution in [0.15, 0.2) is 87.4 Å². The highest BCUT2D eigenvalue weighted by Crippen LogP contribution is 2.45. The Morgan fingerprint density at radius 1 is 1.15 bits per heavy atom. The summed E-state index contributed by atoms with van der Waals surface area (Å²) < 4.78 is 13.1. The number of benzene rings is 3. The molecule has 0 fully saturated rings. The molecule has 0 unspecified atom stereocenters. The Balaban J connectivity index is 1.83. The number of carbonyl (C=O) groups excluding carboxylic acids is 1. The van der Waals surface area contributed by atoms with Gasteiger partial charge in [0.15, 0.2) is 11.6 Å². The molecule has 2 N–H and O–H groups in total. The molecule has 0 spiro atoms.